The van der Waals surface area contributed by atoms with Gasteiger partial charge in [-0.1, -0.05) is 76.6 Å². The molecule has 2 heteroatoms. The van der Waals surface area contributed by atoms with Crippen molar-refractivity contribution in [1.29, 1.82) is 0 Å². The molecule has 24 heavy (non-hydrogen) atoms. The van der Waals surface area contributed by atoms with E-state index < -0.39 is 0 Å². The quantitative estimate of drug-likeness (QED) is 0.304. The maximum absolute atomic E-state index is 6.38. The Bertz CT molecular complexity index is 1220. The molecule has 1 nitrogen and oxygen atoms in total. The van der Waals surface area contributed by atoms with Crippen molar-refractivity contribution < 1.29 is 4.42 Å². The second-order valence-electron chi connectivity index (χ2n) is 5.96. The van der Waals surface area contributed by atoms with Gasteiger partial charge < -0.3 is 4.42 Å². The fourth-order valence-electron chi connectivity index (χ4n) is 3.41. The van der Waals surface area contributed by atoms with Crippen molar-refractivity contribution in [2.24, 2.45) is 0 Å². The lowest BCUT2D eigenvalue weighted by Crippen LogP contribution is -1.78. The highest BCUT2D eigenvalue weighted by atomic mass is 79.9. The van der Waals surface area contributed by atoms with Crippen LogP contribution in [0.25, 0.3) is 43.8 Å². The van der Waals surface area contributed by atoms with Crippen molar-refractivity contribution in [3.05, 3.63) is 83.3 Å². The average molecular weight is 373 g/mol. The molecule has 0 unspecified atom stereocenters. The van der Waals surface area contributed by atoms with Gasteiger partial charge in [0.05, 0.1) is 0 Å². The normalized spacial score (nSPS) is 11.5. The second-order valence-corrected chi connectivity index (χ2v) is 6.87. The summed E-state index contributed by atoms with van der Waals surface area (Å²) >= 11 is 3.56. The van der Waals surface area contributed by atoms with Crippen LogP contribution in [0.15, 0.2) is 87.8 Å². The minimum absolute atomic E-state index is 0.946. The lowest BCUT2D eigenvalue weighted by atomic mass is 10.0. The maximum Gasteiger partial charge on any atom is 0.143 e. The van der Waals surface area contributed by atoms with Crippen molar-refractivity contribution in [2.45, 2.75) is 0 Å². The number of furan rings is 1. The standard InChI is InChI=1S/C22H13BrO/c23-16-7-3-6-15(13-16)18-9-4-10-19-20-12-11-14-5-1-2-8-17(14)21(20)24-22(18)19/h1-13H. The van der Waals surface area contributed by atoms with E-state index in [1.807, 2.05) is 6.07 Å². The van der Waals surface area contributed by atoms with Crippen LogP contribution >= 0.6 is 15.9 Å². The van der Waals surface area contributed by atoms with Crippen LogP contribution in [0.4, 0.5) is 0 Å². The number of benzene rings is 4. The van der Waals surface area contributed by atoms with Crippen LogP contribution in [0, 0.1) is 0 Å². The van der Waals surface area contributed by atoms with E-state index in [9.17, 15) is 0 Å². The largest absolute Gasteiger partial charge is 0.455 e. The first-order valence-corrected chi connectivity index (χ1v) is 8.69. The Kier molecular flexibility index (Phi) is 3.00. The molecule has 1 heterocycles. The van der Waals surface area contributed by atoms with Gasteiger partial charge in [-0.3, -0.25) is 0 Å². The molecule has 1 aromatic heterocycles. The van der Waals surface area contributed by atoms with Gasteiger partial charge in [-0.2, -0.15) is 0 Å². The fraction of sp³-hybridized carbons (Fsp3) is 0. The molecule has 0 N–H and O–H groups in total. The van der Waals surface area contributed by atoms with Crippen LogP contribution in [0.3, 0.4) is 0 Å². The summed E-state index contributed by atoms with van der Waals surface area (Å²) in [6.45, 7) is 0. The monoisotopic (exact) mass is 372 g/mol. The van der Waals surface area contributed by atoms with E-state index in [4.69, 9.17) is 4.42 Å². The van der Waals surface area contributed by atoms with Gasteiger partial charge in [-0.15, -0.1) is 0 Å². The molecule has 4 aromatic carbocycles. The number of hydrogen-bond acceptors (Lipinski definition) is 1. The van der Waals surface area contributed by atoms with Gasteiger partial charge in [-0.25, -0.2) is 0 Å². The van der Waals surface area contributed by atoms with E-state index in [0.717, 1.165) is 37.5 Å². The Morgan fingerprint density at radius 3 is 2.33 bits per heavy atom. The summed E-state index contributed by atoms with van der Waals surface area (Å²) in [5.41, 5.74) is 4.18. The zero-order valence-electron chi connectivity index (χ0n) is 12.8. The highest BCUT2D eigenvalue weighted by Gasteiger charge is 2.13. The van der Waals surface area contributed by atoms with Crippen molar-refractivity contribution in [1.82, 2.24) is 0 Å². The molecule has 0 spiro atoms. The third-order valence-electron chi connectivity index (χ3n) is 4.52. The van der Waals surface area contributed by atoms with Gasteiger partial charge in [-0.05, 0) is 29.1 Å². The molecule has 0 aliphatic heterocycles. The Morgan fingerprint density at radius 2 is 1.42 bits per heavy atom. The van der Waals surface area contributed by atoms with Gasteiger partial charge in [0.2, 0.25) is 0 Å². The van der Waals surface area contributed by atoms with Crippen LogP contribution in [0.5, 0.6) is 0 Å². The second kappa shape index (κ2) is 5.22. The van der Waals surface area contributed by atoms with Crippen LogP contribution in [0.1, 0.15) is 0 Å². The van der Waals surface area contributed by atoms with Gasteiger partial charge in [0.15, 0.2) is 0 Å². The summed E-state index contributed by atoms with van der Waals surface area (Å²) < 4.78 is 7.44. The third-order valence-corrected chi connectivity index (χ3v) is 5.02. The van der Waals surface area contributed by atoms with Gasteiger partial charge in [0.1, 0.15) is 11.2 Å². The molecule has 0 radical (unpaired) electrons. The summed E-state index contributed by atoms with van der Waals surface area (Å²) in [6.07, 6.45) is 0. The van der Waals surface area contributed by atoms with E-state index in [2.05, 4.69) is 88.7 Å². The number of hydrogen-bond donors (Lipinski definition) is 0. The molecule has 5 aromatic rings. The summed E-state index contributed by atoms with van der Waals surface area (Å²) in [4.78, 5) is 0. The van der Waals surface area contributed by atoms with E-state index in [-0.39, 0.29) is 0 Å². The summed E-state index contributed by atoms with van der Waals surface area (Å²) in [6, 6.07) is 27.4. The molecule has 0 fully saturated rings. The van der Waals surface area contributed by atoms with E-state index in [0.29, 0.717) is 0 Å². The van der Waals surface area contributed by atoms with E-state index in [1.165, 1.54) is 10.8 Å². The molecular weight excluding hydrogens is 360 g/mol. The summed E-state index contributed by atoms with van der Waals surface area (Å²) in [7, 11) is 0. The maximum atomic E-state index is 6.38. The average Bonchev–Trinajstić information content (AvgIpc) is 3.01. The Morgan fingerprint density at radius 1 is 0.625 bits per heavy atom. The first kappa shape index (κ1) is 13.8. The van der Waals surface area contributed by atoms with Gasteiger partial charge >= 0.3 is 0 Å². The minimum atomic E-state index is 0.946. The lowest BCUT2D eigenvalue weighted by Gasteiger charge is -2.03. The Hall–Kier alpha value is -2.58. The van der Waals surface area contributed by atoms with Crippen molar-refractivity contribution in [2.75, 3.05) is 0 Å². The van der Waals surface area contributed by atoms with Crippen LogP contribution in [-0.4, -0.2) is 0 Å². The molecule has 0 aliphatic rings. The van der Waals surface area contributed by atoms with Crippen molar-refractivity contribution >= 4 is 48.6 Å². The summed E-state index contributed by atoms with van der Waals surface area (Å²) in [5, 5.41) is 4.69. The molecule has 0 amide bonds. The van der Waals surface area contributed by atoms with Crippen molar-refractivity contribution in [3.8, 4) is 11.1 Å². The molecule has 0 atom stereocenters. The van der Waals surface area contributed by atoms with Crippen LogP contribution in [-0.2, 0) is 0 Å². The highest BCUT2D eigenvalue weighted by molar-refractivity contribution is 9.10. The molecule has 5 rings (SSSR count). The Balaban J connectivity index is 1.92. The van der Waals surface area contributed by atoms with E-state index in [1.54, 1.807) is 0 Å². The third kappa shape index (κ3) is 2.00. The van der Waals surface area contributed by atoms with Gasteiger partial charge in [0.25, 0.3) is 0 Å². The van der Waals surface area contributed by atoms with Gasteiger partial charge in [0, 0.05) is 26.2 Å². The molecule has 0 aliphatic carbocycles. The first-order chi connectivity index (χ1) is 11.8. The number of rotatable bonds is 1. The molecule has 0 saturated carbocycles. The number of fused-ring (bicyclic) bond motifs is 5. The predicted molar refractivity (Wildman–Crippen MR) is 104 cm³/mol. The molecular formula is C22H13BrO. The molecule has 0 saturated heterocycles. The topological polar surface area (TPSA) is 13.1 Å². The smallest absolute Gasteiger partial charge is 0.143 e. The van der Waals surface area contributed by atoms with E-state index >= 15 is 0 Å². The number of halogens is 1. The minimum Gasteiger partial charge on any atom is -0.455 e. The highest BCUT2D eigenvalue weighted by Crippen LogP contribution is 2.38. The zero-order valence-corrected chi connectivity index (χ0v) is 14.4. The molecule has 0 bridgehead atoms. The fourth-order valence-corrected chi connectivity index (χ4v) is 3.81. The lowest BCUT2D eigenvalue weighted by molar-refractivity contribution is 0.674. The predicted octanol–water partition coefficient (Wildman–Crippen LogP) is 7.17. The van der Waals surface area contributed by atoms with Crippen molar-refractivity contribution in [3.63, 3.8) is 0 Å². The first-order valence-electron chi connectivity index (χ1n) is 7.90. The zero-order chi connectivity index (χ0) is 16.1. The molecule has 114 valence electrons. The van der Waals surface area contributed by atoms with Crippen LogP contribution < -0.4 is 0 Å². The SMILES string of the molecule is Brc1cccc(-c2cccc3c2oc2c4ccccc4ccc32)c1. The van der Waals surface area contributed by atoms with Crippen LogP contribution in [0.2, 0.25) is 0 Å². The number of para-hydroxylation sites is 1. The Labute approximate surface area is 147 Å². The summed E-state index contributed by atoms with van der Waals surface area (Å²) in [5.74, 6) is 0.